The molecule has 0 unspecified atom stereocenters. The Bertz CT molecular complexity index is 764. The normalized spacial score (nSPS) is 24.8. The molecule has 1 aromatic rings. The van der Waals surface area contributed by atoms with Gasteiger partial charge in [-0.15, -0.1) is 0 Å². The summed E-state index contributed by atoms with van der Waals surface area (Å²) in [6.07, 6.45) is 5.03. The molecule has 9 heteroatoms. The van der Waals surface area contributed by atoms with E-state index in [1.165, 1.54) is 12.8 Å². The van der Waals surface area contributed by atoms with E-state index in [-0.39, 0.29) is 17.4 Å². The summed E-state index contributed by atoms with van der Waals surface area (Å²) in [5.74, 6) is -0.543. The highest BCUT2D eigenvalue weighted by atomic mass is 32.2. The topological polar surface area (TPSA) is 95.5 Å². The number of rotatable bonds is 7. The molecule has 1 N–H and O–H groups in total. The molecule has 2 aliphatic rings. The second-order valence-electron chi connectivity index (χ2n) is 7.62. The quantitative estimate of drug-likeness (QED) is 0.720. The van der Waals surface area contributed by atoms with Crippen LogP contribution in [0.3, 0.4) is 0 Å². The highest BCUT2D eigenvalue weighted by Gasteiger charge is 2.43. The van der Waals surface area contributed by atoms with E-state index in [4.69, 9.17) is 0 Å². The molecule has 0 radical (unpaired) electrons. The summed E-state index contributed by atoms with van der Waals surface area (Å²) in [5, 5.41) is 3.07. The fourth-order valence-electron chi connectivity index (χ4n) is 3.85. The second-order valence-corrected chi connectivity index (χ2v) is 9.77. The average Bonchev–Trinajstić information content (AvgIpc) is 3.21. The molecule has 150 valence electrons. The van der Waals surface area contributed by atoms with Crippen LogP contribution in [0.1, 0.15) is 25.0 Å². The Morgan fingerprint density at radius 3 is 2.78 bits per heavy atom. The van der Waals surface area contributed by atoms with Crippen LogP contribution in [-0.4, -0.2) is 84.9 Å². The fraction of sp³-hybridized carbons (Fsp3) is 0.722. The van der Waals surface area contributed by atoms with Gasteiger partial charge in [-0.05, 0) is 51.9 Å². The van der Waals surface area contributed by atoms with Crippen molar-refractivity contribution in [2.24, 2.45) is 5.92 Å². The van der Waals surface area contributed by atoms with Crippen LogP contribution in [-0.2, 0) is 14.6 Å². The van der Waals surface area contributed by atoms with Crippen LogP contribution in [0, 0.1) is 12.8 Å². The Balaban J connectivity index is 1.59. The first kappa shape index (κ1) is 20.0. The van der Waals surface area contributed by atoms with Crippen LogP contribution >= 0.6 is 0 Å². The number of hydrogen-bond acceptors (Lipinski definition) is 7. The van der Waals surface area contributed by atoms with Crippen molar-refractivity contribution in [3.63, 3.8) is 0 Å². The molecule has 1 aromatic heterocycles. The van der Waals surface area contributed by atoms with E-state index in [1.54, 1.807) is 24.2 Å². The van der Waals surface area contributed by atoms with Crippen LogP contribution in [0.25, 0.3) is 0 Å². The zero-order valence-corrected chi connectivity index (χ0v) is 16.9. The average molecular weight is 396 g/mol. The van der Waals surface area contributed by atoms with Gasteiger partial charge in [-0.3, -0.25) is 4.79 Å². The maximum atomic E-state index is 12.9. The molecule has 3 rings (SSSR count). The summed E-state index contributed by atoms with van der Waals surface area (Å²) >= 11 is 0. The van der Waals surface area contributed by atoms with Gasteiger partial charge in [0.2, 0.25) is 11.9 Å². The minimum atomic E-state index is -3.26. The van der Waals surface area contributed by atoms with Gasteiger partial charge in [-0.2, -0.15) is 0 Å². The highest BCUT2D eigenvalue weighted by molar-refractivity contribution is 7.91. The maximum absolute atomic E-state index is 12.9. The van der Waals surface area contributed by atoms with Crippen LogP contribution in [0.4, 0.5) is 5.95 Å². The van der Waals surface area contributed by atoms with Crippen LogP contribution in [0.2, 0.25) is 0 Å². The minimum Gasteiger partial charge on any atom is -0.350 e. The Morgan fingerprint density at radius 2 is 2.07 bits per heavy atom. The number of nitrogens with zero attached hydrogens (tertiary/aromatic N) is 4. The van der Waals surface area contributed by atoms with Crippen LogP contribution in [0.15, 0.2) is 12.3 Å². The largest absolute Gasteiger partial charge is 0.350 e. The van der Waals surface area contributed by atoms with E-state index in [0.29, 0.717) is 12.5 Å². The molecule has 2 fully saturated rings. The van der Waals surface area contributed by atoms with Gasteiger partial charge in [0.25, 0.3) is 0 Å². The van der Waals surface area contributed by atoms with Crippen molar-refractivity contribution in [2.45, 2.75) is 32.2 Å². The summed E-state index contributed by atoms with van der Waals surface area (Å²) < 4.78 is 24.3. The van der Waals surface area contributed by atoms with Gasteiger partial charge in [0.15, 0.2) is 9.84 Å². The molecule has 27 heavy (non-hydrogen) atoms. The van der Waals surface area contributed by atoms with Gasteiger partial charge >= 0.3 is 0 Å². The van der Waals surface area contributed by atoms with Crippen molar-refractivity contribution >= 4 is 21.7 Å². The number of amides is 1. The Morgan fingerprint density at radius 1 is 1.33 bits per heavy atom. The number of sulfone groups is 1. The molecule has 0 saturated carbocycles. The van der Waals surface area contributed by atoms with Crippen LogP contribution in [0.5, 0.6) is 0 Å². The van der Waals surface area contributed by atoms with E-state index in [2.05, 4.69) is 20.2 Å². The van der Waals surface area contributed by atoms with Crippen LogP contribution < -0.4 is 5.32 Å². The molecule has 2 saturated heterocycles. The molecule has 1 amide bonds. The number of likely N-dealkylation sites (tertiary alicyclic amines) is 1. The smallest absolute Gasteiger partial charge is 0.228 e. The first-order chi connectivity index (χ1) is 12.8. The molecular weight excluding hydrogens is 366 g/mol. The third-order valence-corrected chi connectivity index (χ3v) is 7.06. The van der Waals surface area contributed by atoms with Gasteiger partial charge < -0.3 is 15.1 Å². The lowest BCUT2D eigenvalue weighted by molar-refractivity contribution is -0.133. The van der Waals surface area contributed by atoms with Gasteiger partial charge in [0, 0.05) is 25.5 Å². The van der Waals surface area contributed by atoms with Crippen molar-refractivity contribution in [1.29, 1.82) is 0 Å². The van der Waals surface area contributed by atoms with Gasteiger partial charge in [0.1, 0.15) is 0 Å². The SMILES string of the molecule is Cc1ccnc(N[C@@H]2CS(=O)(=O)C[C@H]2C(=O)N(C)CCCN2CCCC2)n1. The number of carbonyl (C=O) groups is 1. The van der Waals surface area contributed by atoms with E-state index in [1.807, 2.05) is 6.92 Å². The number of nitrogens with one attached hydrogen (secondary N) is 1. The number of aryl methyl sites for hydroxylation is 1. The van der Waals surface area contributed by atoms with E-state index in [9.17, 15) is 13.2 Å². The zero-order valence-electron chi connectivity index (χ0n) is 16.1. The Hall–Kier alpha value is -1.74. The maximum Gasteiger partial charge on any atom is 0.228 e. The first-order valence-electron chi connectivity index (χ1n) is 9.58. The molecule has 8 nitrogen and oxygen atoms in total. The molecule has 2 aliphatic heterocycles. The standard InChI is InChI=1S/C18H29N5O3S/c1-14-6-7-19-18(20-14)21-16-13-27(25,26)12-15(16)17(24)22(2)8-5-11-23-9-3-4-10-23/h6-7,15-16H,3-5,8-13H2,1-2H3,(H,19,20,21)/t15-,16-/m1/s1. The first-order valence-corrected chi connectivity index (χ1v) is 11.4. The lowest BCUT2D eigenvalue weighted by atomic mass is 10.0. The highest BCUT2D eigenvalue weighted by Crippen LogP contribution is 2.24. The minimum absolute atomic E-state index is 0.0671. The van der Waals surface area contributed by atoms with Gasteiger partial charge in [0.05, 0.1) is 23.5 Å². The van der Waals surface area contributed by atoms with Gasteiger partial charge in [-0.1, -0.05) is 0 Å². The summed E-state index contributed by atoms with van der Waals surface area (Å²) in [7, 11) is -1.50. The van der Waals surface area contributed by atoms with Crippen molar-refractivity contribution < 1.29 is 13.2 Å². The zero-order chi connectivity index (χ0) is 19.4. The third-order valence-electron chi connectivity index (χ3n) is 5.32. The summed E-state index contributed by atoms with van der Waals surface area (Å²) in [5.41, 5.74) is 0.787. The molecule has 0 aliphatic carbocycles. The Labute approximate surface area is 161 Å². The number of anilines is 1. The van der Waals surface area contributed by atoms with Gasteiger partial charge in [-0.25, -0.2) is 18.4 Å². The predicted molar refractivity (Wildman–Crippen MR) is 104 cm³/mol. The van der Waals surface area contributed by atoms with Crippen molar-refractivity contribution in [2.75, 3.05) is 50.0 Å². The monoisotopic (exact) mass is 395 g/mol. The molecule has 0 spiro atoms. The summed E-state index contributed by atoms with van der Waals surface area (Å²) in [6, 6.07) is 1.28. The summed E-state index contributed by atoms with van der Waals surface area (Å²) in [6.45, 7) is 5.75. The van der Waals surface area contributed by atoms with Crippen molar-refractivity contribution in [3.8, 4) is 0 Å². The molecule has 0 bridgehead atoms. The fourth-order valence-corrected chi connectivity index (χ4v) is 5.77. The number of hydrogen-bond donors (Lipinski definition) is 1. The van der Waals surface area contributed by atoms with Crippen molar-refractivity contribution in [1.82, 2.24) is 19.8 Å². The molecule has 0 aromatic carbocycles. The molecular formula is C18H29N5O3S. The molecule has 3 heterocycles. The third kappa shape index (κ3) is 5.38. The molecule has 2 atom stereocenters. The summed E-state index contributed by atoms with van der Waals surface area (Å²) in [4.78, 5) is 25.4. The van der Waals surface area contributed by atoms with E-state index in [0.717, 1.165) is 31.7 Å². The van der Waals surface area contributed by atoms with Crippen molar-refractivity contribution in [3.05, 3.63) is 18.0 Å². The predicted octanol–water partition coefficient (Wildman–Crippen LogP) is 0.554. The Kier molecular flexibility index (Phi) is 6.31. The lowest BCUT2D eigenvalue weighted by Gasteiger charge is -2.25. The van der Waals surface area contributed by atoms with E-state index >= 15 is 0 Å². The lowest BCUT2D eigenvalue weighted by Crippen LogP contribution is -2.42. The van der Waals surface area contributed by atoms with E-state index < -0.39 is 21.8 Å². The number of aromatic nitrogens is 2. The number of carbonyl (C=O) groups excluding carboxylic acids is 1. The second kappa shape index (κ2) is 8.52.